The summed E-state index contributed by atoms with van der Waals surface area (Å²) in [6.45, 7) is 8.75. The second-order valence-electron chi connectivity index (χ2n) is 10.0. The molecule has 0 saturated carbocycles. The van der Waals surface area contributed by atoms with Gasteiger partial charge in [0.1, 0.15) is 0 Å². The van der Waals surface area contributed by atoms with E-state index in [1.807, 2.05) is 6.07 Å². The Morgan fingerprint density at radius 3 is 1.74 bits per heavy atom. The third-order valence-electron chi connectivity index (χ3n) is 7.19. The summed E-state index contributed by atoms with van der Waals surface area (Å²) in [4.78, 5) is 0. The zero-order valence-electron chi connectivity index (χ0n) is 22.2. The van der Waals surface area contributed by atoms with E-state index in [4.69, 9.17) is 14.2 Å². The minimum atomic E-state index is -2.66. The molecule has 1 heterocycles. The van der Waals surface area contributed by atoms with Gasteiger partial charge in [-0.2, -0.15) is 0 Å². The zero-order valence-corrected chi connectivity index (χ0v) is 25.1. The summed E-state index contributed by atoms with van der Waals surface area (Å²) in [5.41, 5.74) is 2.40. The van der Waals surface area contributed by atoms with E-state index in [2.05, 4.69) is 81.4 Å². The average molecular weight is 585 g/mol. The molecule has 2 aromatic rings. The molecule has 2 aromatic carbocycles. The van der Waals surface area contributed by atoms with Crippen molar-refractivity contribution in [3.05, 3.63) is 81.6 Å². The molecule has 0 unspecified atom stereocenters. The first-order valence-electron chi connectivity index (χ1n) is 13.9. The SMILES string of the molecule is CCC[CH2][Sn]([CH2]CCC)([CH2]CCC)[C]1=C[C@H](OCc2ccccc2)[C@@H](COCc2ccccc2)O1. The Kier molecular flexibility index (Phi) is 12.7. The Balaban J connectivity index is 1.77. The van der Waals surface area contributed by atoms with E-state index in [1.54, 1.807) is 0 Å². The van der Waals surface area contributed by atoms with Crippen LogP contribution in [0.15, 0.2) is 70.5 Å². The second kappa shape index (κ2) is 15.7. The first-order chi connectivity index (χ1) is 17.2. The van der Waals surface area contributed by atoms with Crippen LogP contribution in [0.3, 0.4) is 0 Å². The predicted octanol–water partition coefficient (Wildman–Crippen LogP) is 8.46. The Labute approximate surface area is 218 Å². The fraction of sp³-hybridized carbons (Fsp3) is 0.548. The van der Waals surface area contributed by atoms with Crippen LogP contribution in [0.2, 0.25) is 13.3 Å². The van der Waals surface area contributed by atoms with Crippen LogP contribution in [0.25, 0.3) is 0 Å². The molecule has 0 aromatic heterocycles. The molecule has 2 atom stereocenters. The number of rotatable bonds is 17. The Hall–Kier alpha value is -1.30. The van der Waals surface area contributed by atoms with E-state index in [1.165, 1.54) is 66.7 Å². The van der Waals surface area contributed by atoms with Crippen molar-refractivity contribution in [3.8, 4) is 0 Å². The Bertz CT molecular complexity index is 830. The van der Waals surface area contributed by atoms with Gasteiger partial charge in [-0.1, -0.05) is 0 Å². The molecule has 0 spiro atoms. The van der Waals surface area contributed by atoms with Crippen LogP contribution >= 0.6 is 0 Å². The van der Waals surface area contributed by atoms with Crippen molar-refractivity contribution < 1.29 is 14.2 Å². The van der Waals surface area contributed by atoms with Gasteiger partial charge in [-0.3, -0.25) is 0 Å². The monoisotopic (exact) mass is 586 g/mol. The Morgan fingerprint density at radius 2 is 1.23 bits per heavy atom. The van der Waals surface area contributed by atoms with E-state index in [-0.39, 0.29) is 12.2 Å². The summed E-state index contributed by atoms with van der Waals surface area (Å²) in [6.07, 6.45) is 10.1. The molecule has 0 radical (unpaired) electrons. The van der Waals surface area contributed by atoms with Crippen LogP contribution < -0.4 is 0 Å². The van der Waals surface area contributed by atoms with Gasteiger partial charge in [-0.25, -0.2) is 0 Å². The average Bonchev–Trinajstić information content (AvgIpc) is 3.32. The first-order valence-corrected chi connectivity index (χ1v) is 21.3. The van der Waals surface area contributed by atoms with Crippen molar-refractivity contribution in [2.24, 2.45) is 0 Å². The van der Waals surface area contributed by atoms with Crippen molar-refractivity contribution in [2.45, 2.75) is 98.0 Å². The predicted molar refractivity (Wildman–Crippen MR) is 149 cm³/mol. The van der Waals surface area contributed by atoms with Crippen molar-refractivity contribution in [2.75, 3.05) is 6.61 Å². The number of hydrogen-bond donors (Lipinski definition) is 0. The molecule has 3 rings (SSSR count). The maximum atomic E-state index is 6.86. The molecule has 4 heteroatoms. The van der Waals surface area contributed by atoms with Crippen LogP contribution in [-0.4, -0.2) is 37.2 Å². The summed E-state index contributed by atoms with van der Waals surface area (Å²) >= 11 is -2.66. The minimum absolute atomic E-state index is 0.0399. The molecule has 0 amide bonds. The molecule has 1 aliphatic rings. The van der Waals surface area contributed by atoms with Gasteiger partial charge in [0.2, 0.25) is 0 Å². The normalized spacial score (nSPS) is 17.9. The van der Waals surface area contributed by atoms with Gasteiger partial charge >= 0.3 is 219 Å². The van der Waals surface area contributed by atoms with Gasteiger partial charge in [0.15, 0.2) is 0 Å². The molecule has 35 heavy (non-hydrogen) atoms. The summed E-state index contributed by atoms with van der Waals surface area (Å²) in [5, 5.41) is 0. The van der Waals surface area contributed by atoms with Crippen molar-refractivity contribution in [1.29, 1.82) is 0 Å². The zero-order chi connectivity index (χ0) is 24.8. The molecule has 3 nitrogen and oxygen atoms in total. The molecular weight excluding hydrogens is 539 g/mol. The fourth-order valence-corrected chi connectivity index (χ4v) is 20.7. The van der Waals surface area contributed by atoms with E-state index in [0.717, 1.165) is 0 Å². The van der Waals surface area contributed by atoms with E-state index < -0.39 is 18.4 Å². The van der Waals surface area contributed by atoms with Crippen LogP contribution in [0.5, 0.6) is 0 Å². The summed E-state index contributed by atoms with van der Waals surface area (Å²) in [7, 11) is 0. The molecule has 192 valence electrons. The molecular formula is C31H46O3Sn. The quantitative estimate of drug-likeness (QED) is 0.175. The van der Waals surface area contributed by atoms with Crippen molar-refractivity contribution >= 4 is 18.4 Å². The number of benzene rings is 2. The molecule has 0 bridgehead atoms. The molecule has 0 aliphatic carbocycles. The van der Waals surface area contributed by atoms with Gasteiger partial charge in [-0.15, -0.1) is 0 Å². The number of ether oxygens (including phenoxy) is 3. The van der Waals surface area contributed by atoms with Crippen molar-refractivity contribution in [3.63, 3.8) is 0 Å². The maximum absolute atomic E-state index is 6.86. The summed E-state index contributed by atoms with van der Waals surface area (Å²) in [6, 6.07) is 20.9. The van der Waals surface area contributed by atoms with Gasteiger partial charge < -0.3 is 0 Å². The third kappa shape index (κ3) is 8.94. The topological polar surface area (TPSA) is 27.7 Å². The van der Waals surface area contributed by atoms with Crippen molar-refractivity contribution in [1.82, 2.24) is 0 Å². The van der Waals surface area contributed by atoms with Crippen LogP contribution in [0.4, 0.5) is 0 Å². The van der Waals surface area contributed by atoms with Crippen LogP contribution in [0, 0.1) is 0 Å². The molecule has 0 fully saturated rings. The number of hydrogen-bond acceptors (Lipinski definition) is 3. The molecule has 0 saturated heterocycles. The van der Waals surface area contributed by atoms with Gasteiger partial charge in [0, 0.05) is 0 Å². The van der Waals surface area contributed by atoms with E-state index in [0.29, 0.717) is 19.8 Å². The molecule has 0 N–H and O–H groups in total. The van der Waals surface area contributed by atoms with Gasteiger partial charge in [-0.05, 0) is 0 Å². The second-order valence-corrected chi connectivity index (χ2v) is 23.0. The molecule has 1 aliphatic heterocycles. The van der Waals surface area contributed by atoms with Crippen LogP contribution in [0.1, 0.15) is 70.4 Å². The van der Waals surface area contributed by atoms with E-state index in [9.17, 15) is 0 Å². The third-order valence-corrected chi connectivity index (χ3v) is 22.2. The van der Waals surface area contributed by atoms with Crippen LogP contribution in [-0.2, 0) is 27.4 Å². The van der Waals surface area contributed by atoms with Gasteiger partial charge in [0.25, 0.3) is 0 Å². The summed E-state index contributed by atoms with van der Waals surface area (Å²) < 4.78 is 25.1. The van der Waals surface area contributed by atoms with E-state index >= 15 is 0 Å². The standard InChI is InChI=1S/C19H19O3.3C4H9.Sn/c1-3-7-16(8-4-1)13-20-15-19-18(11-12-21-19)22-14-17-9-5-2-6-10-17;3*1-3-4-2;/h1-11,18-19H,13-15H2;3*1,3-4H2,2H3;/t18-,19+;;;;/m0..../s1. The summed E-state index contributed by atoms with van der Waals surface area (Å²) in [5.74, 6) is 0. The van der Waals surface area contributed by atoms with Gasteiger partial charge in [0.05, 0.1) is 0 Å². The number of unbranched alkanes of at least 4 members (excludes halogenated alkanes) is 3. The Morgan fingerprint density at radius 1 is 0.714 bits per heavy atom. The fourth-order valence-electron chi connectivity index (χ4n) is 5.04. The first kappa shape index (κ1) is 28.3.